The lowest BCUT2D eigenvalue weighted by Crippen LogP contribution is -2.41. The minimum Gasteiger partial charge on any atom is -0.383 e. The van der Waals surface area contributed by atoms with E-state index in [1.807, 2.05) is 12.3 Å². The van der Waals surface area contributed by atoms with E-state index < -0.39 is 0 Å². The quantitative estimate of drug-likeness (QED) is 0.650. The molecule has 2 atom stereocenters. The molecule has 3 heterocycles. The topological polar surface area (TPSA) is 67.1 Å². The fraction of sp³-hybridized carbons (Fsp3) is 0.692. The van der Waals surface area contributed by atoms with Gasteiger partial charge in [-0.15, -0.1) is 0 Å². The predicted octanol–water partition coefficient (Wildman–Crippen LogP) is 1.82. The summed E-state index contributed by atoms with van der Waals surface area (Å²) in [5, 5.41) is 4.31. The first-order valence-electron chi connectivity index (χ1n) is 6.95. The Balaban J connectivity index is 1.72. The third-order valence-electron chi connectivity index (χ3n) is 4.10. The minimum absolute atomic E-state index is 0.504. The van der Waals surface area contributed by atoms with Crippen molar-refractivity contribution in [2.45, 2.75) is 42.9 Å². The second kappa shape index (κ2) is 5.54. The Morgan fingerprint density at radius 1 is 1.32 bits per heavy atom. The van der Waals surface area contributed by atoms with Crippen LogP contribution in [-0.4, -0.2) is 46.3 Å². The van der Waals surface area contributed by atoms with E-state index in [2.05, 4.69) is 20.2 Å². The molecule has 0 aliphatic carbocycles. The fourth-order valence-corrected chi connectivity index (χ4v) is 3.60. The van der Waals surface area contributed by atoms with Crippen LogP contribution in [0.2, 0.25) is 0 Å². The van der Waals surface area contributed by atoms with Gasteiger partial charge in [0.25, 0.3) is 0 Å². The Morgan fingerprint density at radius 3 is 3.05 bits per heavy atom. The number of fused-ring (bicyclic) bond motifs is 1. The third-order valence-corrected chi connectivity index (χ3v) is 4.65. The number of rotatable bonds is 3. The van der Waals surface area contributed by atoms with Gasteiger partial charge in [-0.3, -0.25) is 4.90 Å². The lowest BCUT2D eigenvalue weighted by molar-refractivity contribution is 0.192. The molecular weight excluding hydrogens is 258 g/mol. The normalized spacial score (nSPS) is 27.2. The first-order valence-corrected chi connectivity index (χ1v) is 8.18. The van der Waals surface area contributed by atoms with Crippen LogP contribution in [0.5, 0.6) is 0 Å². The van der Waals surface area contributed by atoms with Crippen LogP contribution in [0.15, 0.2) is 11.2 Å². The Morgan fingerprint density at radius 2 is 2.21 bits per heavy atom. The van der Waals surface area contributed by atoms with Crippen molar-refractivity contribution >= 4 is 23.4 Å². The van der Waals surface area contributed by atoms with Crippen molar-refractivity contribution in [1.29, 1.82) is 0 Å². The summed E-state index contributed by atoms with van der Waals surface area (Å²) in [5.74, 6) is 1.41. The summed E-state index contributed by atoms with van der Waals surface area (Å²) in [6, 6.07) is 3.01. The summed E-state index contributed by atoms with van der Waals surface area (Å²) in [7, 11) is 0. The molecule has 2 aliphatic heterocycles. The smallest absolute Gasteiger partial charge is 0.191 e. The molecule has 0 aromatic carbocycles. The van der Waals surface area contributed by atoms with E-state index in [9.17, 15) is 0 Å². The van der Waals surface area contributed by atoms with Crippen molar-refractivity contribution in [3.05, 3.63) is 6.07 Å². The molecule has 3 N–H and O–H groups in total. The molecule has 0 bridgehead atoms. The maximum Gasteiger partial charge on any atom is 0.191 e. The summed E-state index contributed by atoms with van der Waals surface area (Å²) in [4.78, 5) is 11.3. The van der Waals surface area contributed by atoms with Gasteiger partial charge in [0, 0.05) is 24.7 Å². The maximum absolute atomic E-state index is 5.83. The molecule has 5 nitrogen and oxygen atoms in total. The fourth-order valence-electron chi connectivity index (χ4n) is 3.21. The zero-order valence-electron chi connectivity index (χ0n) is 11.3. The first-order chi connectivity index (χ1) is 9.26. The van der Waals surface area contributed by atoms with Gasteiger partial charge >= 0.3 is 0 Å². The molecule has 3 rings (SSSR count). The Kier molecular flexibility index (Phi) is 3.79. The summed E-state index contributed by atoms with van der Waals surface area (Å²) in [5.41, 5.74) is 5.83. The van der Waals surface area contributed by atoms with E-state index in [1.54, 1.807) is 0 Å². The number of hydrogen-bond acceptors (Lipinski definition) is 6. The van der Waals surface area contributed by atoms with Crippen molar-refractivity contribution in [2.24, 2.45) is 0 Å². The maximum atomic E-state index is 5.83. The minimum atomic E-state index is 0.504. The predicted molar refractivity (Wildman–Crippen MR) is 79.5 cm³/mol. The number of piperidine rings is 1. The van der Waals surface area contributed by atoms with Crippen LogP contribution < -0.4 is 11.1 Å². The zero-order valence-corrected chi connectivity index (χ0v) is 12.1. The number of nitrogens with zero attached hydrogens (tertiary/aromatic N) is 3. The van der Waals surface area contributed by atoms with Crippen LogP contribution in [-0.2, 0) is 0 Å². The van der Waals surface area contributed by atoms with Gasteiger partial charge in [0.05, 0.1) is 0 Å². The third kappa shape index (κ3) is 2.79. The van der Waals surface area contributed by atoms with Crippen molar-refractivity contribution in [3.63, 3.8) is 0 Å². The van der Waals surface area contributed by atoms with Crippen LogP contribution in [0.1, 0.15) is 25.7 Å². The molecule has 2 saturated heterocycles. The van der Waals surface area contributed by atoms with Gasteiger partial charge in [0.15, 0.2) is 5.16 Å². The van der Waals surface area contributed by atoms with E-state index in [0.717, 1.165) is 11.0 Å². The van der Waals surface area contributed by atoms with Gasteiger partial charge in [0.1, 0.15) is 11.6 Å². The van der Waals surface area contributed by atoms with Crippen LogP contribution in [0, 0.1) is 0 Å². The molecule has 104 valence electrons. The second-order valence-corrected chi connectivity index (χ2v) is 6.08. The van der Waals surface area contributed by atoms with Gasteiger partial charge in [-0.05, 0) is 32.1 Å². The molecule has 2 fully saturated rings. The van der Waals surface area contributed by atoms with Gasteiger partial charge in [-0.2, -0.15) is 0 Å². The van der Waals surface area contributed by atoms with E-state index in [4.69, 9.17) is 5.73 Å². The lowest BCUT2D eigenvalue weighted by atomic mass is 9.99. The number of aromatic nitrogens is 2. The molecule has 0 saturated carbocycles. The lowest BCUT2D eigenvalue weighted by Gasteiger charge is -2.32. The van der Waals surface area contributed by atoms with Crippen molar-refractivity contribution in [2.75, 3.05) is 30.4 Å². The van der Waals surface area contributed by atoms with Crippen LogP contribution >= 0.6 is 11.8 Å². The molecule has 6 heteroatoms. The number of nitrogens with two attached hydrogens (primary N) is 1. The van der Waals surface area contributed by atoms with E-state index in [-0.39, 0.29) is 0 Å². The highest BCUT2D eigenvalue weighted by Crippen LogP contribution is 2.29. The summed E-state index contributed by atoms with van der Waals surface area (Å²) >= 11 is 1.53. The molecule has 1 aromatic heterocycles. The second-order valence-electron chi connectivity index (χ2n) is 5.30. The molecule has 2 aliphatic rings. The Bertz CT molecular complexity index is 453. The molecule has 0 radical (unpaired) electrons. The molecule has 0 spiro atoms. The SMILES string of the molecule is CSc1nc(N)cc(NC2CCN3CCCCC23)n1. The zero-order chi connectivity index (χ0) is 13.2. The van der Waals surface area contributed by atoms with Crippen LogP contribution in [0.25, 0.3) is 0 Å². The molecule has 2 unspecified atom stereocenters. The number of thioether (sulfide) groups is 1. The largest absolute Gasteiger partial charge is 0.383 e. The van der Waals surface area contributed by atoms with Crippen LogP contribution in [0.3, 0.4) is 0 Å². The highest BCUT2D eigenvalue weighted by Gasteiger charge is 2.35. The number of nitrogens with one attached hydrogen (secondary N) is 1. The average Bonchev–Trinajstić information content (AvgIpc) is 2.82. The van der Waals surface area contributed by atoms with Gasteiger partial charge in [0.2, 0.25) is 0 Å². The number of hydrogen-bond donors (Lipinski definition) is 2. The van der Waals surface area contributed by atoms with E-state index in [0.29, 0.717) is 17.9 Å². The molecule has 0 amide bonds. The van der Waals surface area contributed by atoms with Crippen LogP contribution in [0.4, 0.5) is 11.6 Å². The van der Waals surface area contributed by atoms with Crippen molar-refractivity contribution in [3.8, 4) is 0 Å². The number of nitrogen functional groups attached to an aromatic ring is 1. The monoisotopic (exact) mass is 279 g/mol. The molecule has 19 heavy (non-hydrogen) atoms. The van der Waals surface area contributed by atoms with Gasteiger partial charge < -0.3 is 11.1 Å². The summed E-state index contributed by atoms with van der Waals surface area (Å²) in [6.07, 6.45) is 7.16. The summed E-state index contributed by atoms with van der Waals surface area (Å²) in [6.45, 7) is 2.46. The van der Waals surface area contributed by atoms with Crippen molar-refractivity contribution in [1.82, 2.24) is 14.9 Å². The highest BCUT2D eigenvalue weighted by atomic mass is 32.2. The van der Waals surface area contributed by atoms with Gasteiger partial charge in [-0.25, -0.2) is 9.97 Å². The van der Waals surface area contributed by atoms with E-state index in [1.165, 1.54) is 50.5 Å². The van der Waals surface area contributed by atoms with E-state index >= 15 is 0 Å². The van der Waals surface area contributed by atoms with Crippen molar-refractivity contribution < 1.29 is 0 Å². The Hall–Kier alpha value is -1.01. The number of anilines is 2. The standard InChI is InChI=1S/C13H21N5S/c1-19-13-16-11(14)8-12(17-13)15-9-5-7-18-6-3-2-4-10(9)18/h8-10H,2-7H2,1H3,(H3,14,15,16,17). The first kappa shape index (κ1) is 13.0. The summed E-state index contributed by atoms with van der Waals surface area (Å²) < 4.78 is 0. The molecular formula is C13H21N5S. The molecule has 1 aromatic rings. The van der Waals surface area contributed by atoms with Gasteiger partial charge in [-0.1, -0.05) is 18.2 Å². The Labute approximate surface area is 118 Å². The highest BCUT2D eigenvalue weighted by molar-refractivity contribution is 7.98. The average molecular weight is 279 g/mol.